The van der Waals surface area contributed by atoms with Crippen LogP contribution >= 0.6 is 11.6 Å². The second kappa shape index (κ2) is 4.79. The Labute approximate surface area is 104 Å². The second-order valence-electron chi connectivity index (χ2n) is 5.44. The molecule has 0 aromatic heterocycles. The van der Waals surface area contributed by atoms with Crippen LogP contribution in [0.15, 0.2) is 18.2 Å². The lowest BCUT2D eigenvalue weighted by Gasteiger charge is -2.26. The molecule has 1 aromatic carbocycles. The van der Waals surface area contributed by atoms with Gasteiger partial charge in [-0.2, -0.15) is 0 Å². The number of aryl methyl sites for hydroxylation is 2. The van der Waals surface area contributed by atoms with Crippen LogP contribution in [0.2, 0.25) is 0 Å². The van der Waals surface area contributed by atoms with Gasteiger partial charge >= 0.3 is 0 Å². The maximum absolute atomic E-state index is 6.19. The molecule has 0 unspecified atom stereocenters. The Morgan fingerprint density at radius 2 is 1.81 bits per heavy atom. The van der Waals surface area contributed by atoms with Crippen molar-refractivity contribution < 1.29 is 0 Å². The Hall–Kier alpha value is -0.490. The van der Waals surface area contributed by atoms with Gasteiger partial charge in [0.25, 0.3) is 0 Å². The van der Waals surface area contributed by atoms with Gasteiger partial charge in [0.1, 0.15) is 0 Å². The van der Waals surface area contributed by atoms with Crippen molar-refractivity contribution in [3.8, 4) is 0 Å². The van der Waals surface area contributed by atoms with E-state index in [1.165, 1.54) is 42.4 Å². The van der Waals surface area contributed by atoms with Gasteiger partial charge in [-0.1, -0.05) is 31.0 Å². The van der Waals surface area contributed by atoms with Crippen LogP contribution in [-0.4, -0.2) is 5.88 Å². The minimum Gasteiger partial charge on any atom is -0.126 e. The fraction of sp³-hybridized carbons (Fsp3) is 0.600. The molecule has 0 saturated heterocycles. The van der Waals surface area contributed by atoms with Crippen LogP contribution in [0.3, 0.4) is 0 Å². The van der Waals surface area contributed by atoms with E-state index in [1.807, 2.05) is 0 Å². The van der Waals surface area contributed by atoms with Crippen LogP contribution < -0.4 is 0 Å². The molecule has 0 N–H and O–H groups in total. The van der Waals surface area contributed by atoms with Crippen LogP contribution in [0.25, 0.3) is 0 Å². The van der Waals surface area contributed by atoms with E-state index in [2.05, 4.69) is 32.0 Å². The zero-order valence-corrected chi connectivity index (χ0v) is 11.1. The van der Waals surface area contributed by atoms with E-state index in [0.29, 0.717) is 5.41 Å². The van der Waals surface area contributed by atoms with Crippen LogP contribution in [0, 0.1) is 19.3 Å². The molecule has 1 saturated carbocycles. The Bertz CT molecular complexity index is 362. The van der Waals surface area contributed by atoms with E-state index in [4.69, 9.17) is 11.6 Å². The monoisotopic (exact) mass is 236 g/mol. The Morgan fingerprint density at radius 1 is 1.12 bits per heavy atom. The van der Waals surface area contributed by atoms with Crippen molar-refractivity contribution in [2.24, 2.45) is 5.41 Å². The van der Waals surface area contributed by atoms with Crippen molar-refractivity contribution in [2.45, 2.75) is 46.0 Å². The van der Waals surface area contributed by atoms with Crippen molar-refractivity contribution in [3.63, 3.8) is 0 Å². The molecule has 88 valence electrons. The first kappa shape index (κ1) is 12.0. The van der Waals surface area contributed by atoms with Gasteiger partial charge in [-0.05, 0) is 55.2 Å². The molecule has 0 nitrogen and oxygen atoms in total. The molecule has 1 aliphatic rings. The van der Waals surface area contributed by atoms with E-state index >= 15 is 0 Å². The lowest BCUT2D eigenvalue weighted by atomic mass is 9.81. The number of benzene rings is 1. The van der Waals surface area contributed by atoms with E-state index in [-0.39, 0.29) is 0 Å². The Balaban J connectivity index is 2.16. The fourth-order valence-electron chi connectivity index (χ4n) is 2.83. The third kappa shape index (κ3) is 2.43. The first-order valence-corrected chi connectivity index (χ1v) is 6.81. The predicted octanol–water partition coefficient (Wildman–Crippen LogP) is 4.65. The van der Waals surface area contributed by atoms with Gasteiger partial charge in [0, 0.05) is 5.88 Å². The van der Waals surface area contributed by atoms with Crippen LogP contribution in [0.5, 0.6) is 0 Å². The summed E-state index contributed by atoms with van der Waals surface area (Å²) >= 11 is 6.19. The highest BCUT2D eigenvalue weighted by atomic mass is 35.5. The smallest absolute Gasteiger partial charge is 0.0283 e. The number of hydrogen-bond acceptors (Lipinski definition) is 0. The molecule has 0 atom stereocenters. The maximum Gasteiger partial charge on any atom is 0.0283 e. The number of rotatable bonds is 3. The van der Waals surface area contributed by atoms with Crippen LogP contribution in [0.4, 0.5) is 0 Å². The molecule has 0 amide bonds. The van der Waals surface area contributed by atoms with E-state index in [0.717, 1.165) is 12.3 Å². The summed E-state index contributed by atoms with van der Waals surface area (Å²) in [5.41, 5.74) is 4.64. The standard InChI is InChI=1S/C15H21Cl/c1-12-5-6-14(9-13(12)2)10-15(11-16)7-3-4-8-15/h5-6,9H,3-4,7-8,10-11H2,1-2H3. The van der Waals surface area contributed by atoms with Gasteiger partial charge < -0.3 is 0 Å². The van der Waals surface area contributed by atoms with E-state index in [1.54, 1.807) is 0 Å². The average Bonchev–Trinajstić information content (AvgIpc) is 2.73. The largest absolute Gasteiger partial charge is 0.126 e. The topological polar surface area (TPSA) is 0 Å². The third-order valence-electron chi connectivity index (χ3n) is 4.10. The lowest BCUT2D eigenvalue weighted by Crippen LogP contribution is -2.21. The molecule has 16 heavy (non-hydrogen) atoms. The van der Waals surface area contributed by atoms with Crippen molar-refractivity contribution in [1.29, 1.82) is 0 Å². The van der Waals surface area contributed by atoms with Gasteiger partial charge in [-0.15, -0.1) is 11.6 Å². The molecule has 2 rings (SSSR count). The van der Waals surface area contributed by atoms with Crippen LogP contribution in [0.1, 0.15) is 42.4 Å². The summed E-state index contributed by atoms with van der Waals surface area (Å²) in [5.74, 6) is 0.819. The first-order valence-electron chi connectivity index (χ1n) is 6.27. The van der Waals surface area contributed by atoms with Gasteiger partial charge in [-0.3, -0.25) is 0 Å². The first-order chi connectivity index (χ1) is 7.65. The Morgan fingerprint density at radius 3 is 2.38 bits per heavy atom. The fourth-order valence-corrected chi connectivity index (χ4v) is 3.19. The zero-order valence-electron chi connectivity index (χ0n) is 10.4. The molecule has 0 radical (unpaired) electrons. The van der Waals surface area contributed by atoms with Crippen LogP contribution in [-0.2, 0) is 6.42 Å². The number of halogens is 1. The minimum absolute atomic E-state index is 0.392. The van der Waals surface area contributed by atoms with Gasteiger partial charge in [0.05, 0.1) is 0 Å². The summed E-state index contributed by atoms with van der Waals surface area (Å²) in [6, 6.07) is 6.85. The highest BCUT2D eigenvalue weighted by Crippen LogP contribution is 2.42. The summed E-state index contributed by atoms with van der Waals surface area (Å²) in [4.78, 5) is 0. The van der Waals surface area contributed by atoms with E-state index < -0.39 is 0 Å². The average molecular weight is 237 g/mol. The second-order valence-corrected chi connectivity index (χ2v) is 5.70. The lowest BCUT2D eigenvalue weighted by molar-refractivity contribution is 0.341. The number of alkyl halides is 1. The maximum atomic E-state index is 6.19. The molecular weight excluding hydrogens is 216 g/mol. The van der Waals surface area contributed by atoms with Crippen molar-refractivity contribution in [3.05, 3.63) is 34.9 Å². The predicted molar refractivity (Wildman–Crippen MR) is 71.2 cm³/mol. The molecule has 0 heterocycles. The summed E-state index contributed by atoms with van der Waals surface area (Å²) < 4.78 is 0. The zero-order chi connectivity index (χ0) is 11.6. The van der Waals surface area contributed by atoms with E-state index in [9.17, 15) is 0 Å². The molecule has 0 spiro atoms. The summed E-state index contributed by atoms with van der Waals surface area (Å²) in [5, 5.41) is 0. The molecule has 0 aliphatic heterocycles. The van der Waals surface area contributed by atoms with Crippen molar-refractivity contribution in [1.82, 2.24) is 0 Å². The minimum atomic E-state index is 0.392. The van der Waals surface area contributed by atoms with Gasteiger partial charge in [0.2, 0.25) is 0 Å². The van der Waals surface area contributed by atoms with Crippen molar-refractivity contribution in [2.75, 3.05) is 5.88 Å². The highest BCUT2D eigenvalue weighted by molar-refractivity contribution is 6.18. The normalized spacial score (nSPS) is 18.9. The van der Waals surface area contributed by atoms with Gasteiger partial charge in [-0.25, -0.2) is 0 Å². The summed E-state index contributed by atoms with van der Waals surface area (Å²) in [7, 11) is 0. The Kier molecular flexibility index (Phi) is 3.59. The number of hydrogen-bond donors (Lipinski definition) is 0. The molecule has 0 bridgehead atoms. The highest BCUT2D eigenvalue weighted by Gasteiger charge is 2.32. The third-order valence-corrected chi connectivity index (χ3v) is 4.67. The summed E-state index contributed by atoms with van der Waals surface area (Å²) in [6.45, 7) is 4.37. The molecule has 1 fully saturated rings. The van der Waals surface area contributed by atoms with Crippen molar-refractivity contribution >= 4 is 11.6 Å². The molecular formula is C15H21Cl. The summed E-state index contributed by atoms with van der Waals surface area (Å²) in [6.07, 6.45) is 6.50. The van der Waals surface area contributed by atoms with Gasteiger partial charge in [0.15, 0.2) is 0 Å². The SMILES string of the molecule is Cc1ccc(CC2(CCl)CCCC2)cc1C. The molecule has 1 aromatic rings. The quantitative estimate of drug-likeness (QED) is 0.671. The molecule has 1 heteroatoms. The molecule has 1 aliphatic carbocycles.